The number of aromatic amines is 1. The normalized spacial score (nSPS) is 16.5. The van der Waals surface area contributed by atoms with Gasteiger partial charge < -0.3 is 19.1 Å². The maximum atomic E-state index is 13.1. The fraction of sp³-hybridized carbons (Fsp3) is 0.318. The molecule has 0 aliphatic carbocycles. The Morgan fingerprint density at radius 3 is 3.10 bits per heavy atom. The van der Waals surface area contributed by atoms with E-state index >= 15 is 0 Å². The van der Waals surface area contributed by atoms with Crippen molar-refractivity contribution >= 4 is 16.8 Å². The third kappa shape index (κ3) is 3.98. The summed E-state index contributed by atoms with van der Waals surface area (Å²) in [5, 5.41) is 4.99. The molecule has 0 radical (unpaired) electrons. The van der Waals surface area contributed by atoms with Crippen LogP contribution >= 0.6 is 0 Å². The van der Waals surface area contributed by atoms with Gasteiger partial charge >= 0.3 is 0 Å². The van der Waals surface area contributed by atoms with Crippen molar-refractivity contribution in [1.29, 1.82) is 0 Å². The Balaban J connectivity index is 1.27. The molecule has 1 saturated heterocycles. The highest BCUT2D eigenvalue weighted by Gasteiger charge is 2.27. The molecular weight excluding hydrogens is 396 g/mol. The standard InChI is InChI=1S/C22H22N6O3/c1-30-16-5-4-15-10-18(25-17(15)11-16)22(29)28-8-2-3-14(13-28)9-20-26-21(27-31-20)19-12-23-6-7-24-19/h4-7,10-12,14,25H,2-3,8-9,13H2,1H3. The summed E-state index contributed by atoms with van der Waals surface area (Å²) < 4.78 is 10.7. The van der Waals surface area contributed by atoms with Crippen LogP contribution in [0.15, 0.2) is 47.4 Å². The number of nitrogens with one attached hydrogen (secondary N) is 1. The molecule has 1 amide bonds. The summed E-state index contributed by atoms with van der Waals surface area (Å²) in [4.78, 5) is 30.9. The minimum absolute atomic E-state index is 0.00523. The Hall–Kier alpha value is -3.75. The topological polar surface area (TPSA) is 110 Å². The zero-order valence-corrected chi connectivity index (χ0v) is 17.1. The zero-order valence-electron chi connectivity index (χ0n) is 17.1. The Bertz CT molecular complexity index is 1200. The van der Waals surface area contributed by atoms with Gasteiger partial charge in [-0.15, -0.1) is 0 Å². The van der Waals surface area contributed by atoms with Crippen LogP contribution < -0.4 is 4.74 Å². The van der Waals surface area contributed by atoms with Crippen molar-refractivity contribution in [2.75, 3.05) is 20.2 Å². The summed E-state index contributed by atoms with van der Waals surface area (Å²) in [5.41, 5.74) is 2.05. The van der Waals surface area contributed by atoms with Crippen molar-refractivity contribution in [3.63, 3.8) is 0 Å². The predicted octanol–water partition coefficient (Wildman–Crippen LogP) is 3.11. The number of methoxy groups -OCH3 is 1. The average Bonchev–Trinajstić information content (AvgIpc) is 3.46. The van der Waals surface area contributed by atoms with Crippen LogP contribution in [0.3, 0.4) is 0 Å². The summed E-state index contributed by atoms with van der Waals surface area (Å²) in [6.45, 7) is 1.39. The number of benzene rings is 1. The summed E-state index contributed by atoms with van der Waals surface area (Å²) >= 11 is 0. The smallest absolute Gasteiger partial charge is 0.270 e. The third-order valence-corrected chi connectivity index (χ3v) is 5.59. The number of carbonyl (C=O) groups is 1. The van der Waals surface area contributed by atoms with Gasteiger partial charge in [0.15, 0.2) is 0 Å². The number of amides is 1. The van der Waals surface area contributed by atoms with Gasteiger partial charge in [0.05, 0.1) is 13.3 Å². The van der Waals surface area contributed by atoms with Gasteiger partial charge in [-0.1, -0.05) is 5.16 Å². The summed E-state index contributed by atoms with van der Waals surface area (Å²) in [6.07, 6.45) is 7.37. The molecule has 1 fully saturated rings. The van der Waals surface area contributed by atoms with Gasteiger partial charge in [-0.2, -0.15) is 4.98 Å². The number of likely N-dealkylation sites (tertiary alicyclic amines) is 1. The maximum absolute atomic E-state index is 13.1. The lowest BCUT2D eigenvalue weighted by molar-refractivity contribution is 0.0663. The maximum Gasteiger partial charge on any atom is 0.270 e. The van der Waals surface area contributed by atoms with E-state index in [2.05, 4.69) is 25.1 Å². The molecule has 1 N–H and O–H groups in total. The number of ether oxygens (including phenoxy) is 1. The second-order valence-corrected chi connectivity index (χ2v) is 7.70. The molecule has 4 aromatic rings. The van der Waals surface area contributed by atoms with E-state index < -0.39 is 0 Å². The number of carbonyl (C=O) groups excluding carboxylic acids is 1. The van der Waals surface area contributed by atoms with Gasteiger partial charge in [-0.25, -0.2) is 4.98 Å². The summed E-state index contributed by atoms with van der Waals surface area (Å²) in [6, 6.07) is 7.63. The van der Waals surface area contributed by atoms with E-state index in [0.717, 1.165) is 36.0 Å². The minimum atomic E-state index is 0.00523. The molecule has 5 rings (SSSR count). The van der Waals surface area contributed by atoms with Crippen LogP contribution in [0.5, 0.6) is 5.75 Å². The van der Waals surface area contributed by atoms with Crippen molar-refractivity contribution in [2.45, 2.75) is 19.3 Å². The molecule has 1 atom stereocenters. The average molecular weight is 418 g/mol. The van der Waals surface area contributed by atoms with Crippen LogP contribution in [0.25, 0.3) is 22.4 Å². The molecule has 1 aliphatic rings. The molecule has 1 aromatic carbocycles. The number of nitrogens with zero attached hydrogens (tertiary/aromatic N) is 5. The van der Waals surface area contributed by atoms with Gasteiger partial charge in [0.2, 0.25) is 11.7 Å². The van der Waals surface area contributed by atoms with Crippen molar-refractivity contribution in [2.24, 2.45) is 5.92 Å². The highest BCUT2D eigenvalue weighted by Crippen LogP contribution is 2.25. The molecule has 9 nitrogen and oxygen atoms in total. The van der Waals surface area contributed by atoms with Crippen molar-refractivity contribution < 1.29 is 14.1 Å². The first-order chi connectivity index (χ1) is 15.2. The van der Waals surface area contributed by atoms with E-state index in [-0.39, 0.29) is 11.8 Å². The Kier molecular flexibility index (Phi) is 5.07. The lowest BCUT2D eigenvalue weighted by Gasteiger charge is -2.31. The van der Waals surface area contributed by atoms with Crippen molar-refractivity contribution in [3.05, 3.63) is 54.4 Å². The molecule has 31 heavy (non-hydrogen) atoms. The largest absolute Gasteiger partial charge is 0.497 e. The van der Waals surface area contributed by atoms with E-state index in [0.29, 0.717) is 36.1 Å². The monoisotopic (exact) mass is 418 g/mol. The van der Waals surface area contributed by atoms with E-state index in [1.165, 1.54) is 0 Å². The number of rotatable bonds is 5. The molecule has 0 saturated carbocycles. The summed E-state index contributed by atoms with van der Waals surface area (Å²) in [5.74, 6) is 2.01. The van der Waals surface area contributed by atoms with E-state index in [1.54, 1.807) is 25.7 Å². The Morgan fingerprint density at radius 2 is 2.26 bits per heavy atom. The van der Waals surface area contributed by atoms with E-state index in [9.17, 15) is 4.79 Å². The second-order valence-electron chi connectivity index (χ2n) is 7.70. The highest BCUT2D eigenvalue weighted by molar-refractivity contribution is 5.98. The van der Waals surface area contributed by atoms with Crippen LogP contribution in [0.4, 0.5) is 0 Å². The molecule has 0 spiro atoms. The molecule has 1 unspecified atom stereocenters. The number of fused-ring (bicyclic) bond motifs is 1. The quantitative estimate of drug-likeness (QED) is 0.530. The second kappa shape index (κ2) is 8.17. The Labute approximate surface area is 178 Å². The van der Waals surface area contributed by atoms with Crippen LogP contribution in [-0.2, 0) is 6.42 Å². The van der Waals surface area contributed by atoms with Crippen LogP contribution in [-0.4, -0.2) is 56.1 Å². The van der Waals surface area contributed by atoms with E-state index in [4.69, 9.17) is 9.26 Å². The van der Waals surface area contributed by atoms with Crippen molar-refractivity contribution in [3.8, 4) is 17.3 Å². The van der Waals surface area contributed by atoms with Gasteiger partial charge in [0, 0.05) is 48.9 Å². The van der Waals surface area contributed by atoms with Gasteiger partial charge in [0.25, 0.3) is 5.91 Å². The molecule has 158 valence electrons. The lowest BCUT2D eigenvalue weighted by Crippen LogP contribution is -2.40. The lowest BCUT2D eigenvalue weighted by atomic mass is 9.94. The van der Waals surface area contributed by atoms with Gasteiger partial charge in [-0.05, 0) is 37.0 Å². The first kappa shape index (κ1) is 19.2. The van der Waals surface area contributed by atoms with Crippen LogP contribution in [0.1, 0.15) is 29.2 Å². The van der Waals surface area contributed by atoms with E-state index in [1.807, 2.05) is 29.2 Å². The number of hydrogen-bond acceptors (Lipinski definition) is 7. The number of hydrogen-bond donors (Lipinski definition) is 1. The Morgan fingerprint density at radius 1 is 1.32 bits per heavy atom. The van der Waals surface area contributed by atoms with Crippen LogP contribution in [0, 0.1) is 5.92 Å². The van der Waals surface area contributed by atoms with Crippen molar-refractivity contribution in [1.82, 2.24) is 30.0 Å². The molecule has 9 heteroatoms. The number of piperidine rings is 1. The first-order valence-electron chi connectivity index (χ1n) is 10.2. The van der Waals surface area contributed by atoms with Gasteiger partial charge in [0.1, 0.15) is 17.1 Å². The molecule has 4 heterocycles. The molecule has 1 aliphatic heterocycles. The fourth-order valence-electron chi connectivity index (χ4n) is 4.04. The predicted molar refractivity (Wildman–Crippen MR) is 113 cm³/mol. The van der Waals surface area contributed by atoms with Crippen LogP contribution in [0.2, 0.25) is 0 Å². The summed E-state index contributed by atoms with van der Waals surface area (Å²) in [7, 11) is 1.63. The third-order valence-electron chi connectivity index (χ3n) is 5.59. The minimum Gasteiger partial charge on any atom is -0.497 e. The molecular formula is C22H22N6O3. The zero-order chi connectivity index (χ0) is 21.2. The molecule has 0 bridgehead atoms. The fourth-order valence-corrected chi connectivity index (χ4v) is 4.04. The number of aromatic nitrogens is 5. The molecule has 3 aromatic heterocycles. The highest BCUT2D eigenvalue weighted by atomic mass is 16.5. The first-order valence-corrected chi connectivity index (χ1v) is 10.2. The van der Waals surface area contributed by atoms with Gasteiger partial charge in [-0.3, -0.25) is 9.78 Å². The number of H-pyrrole nitrogens is 1. The SMILES string of the molecule is COc1ccc2cc(C(=O)N3CCCC(Cc4nc(-c5cnccn5)no4)C3)[nH]c2c1.